The Labute approximate surface area is 161 Å². The quantitative estimate of drug-likeness (QED) is 0.748. The standard InChI is InChI=1S/C17H20Cl2N4O3/c1-9(2)8-23-15(19)14(10(3)22-23)17(25)26-11(4)16(24)21-13-6-5-12(18)7-20-13/h5-7,9,11H,8H2,1-4H3,(H,20,21,24)/t11-/m1/s1. The lowest BCUT2D eigenvalue weighted by Gasteiger charge is -2.13. The topological polar surface area (TPSA) is 86.1 Å². The average molecular weight is 399 g/mol. The number of rotatable bonds is 6. The number of ether oxygens (including phenoxy) is 1. The summed E-state index contributed by atoms with van der Waals surface area (Å²) < 4.78 is 6.79. The molecule has 1 atom stereocenters. The van der Waals surface area contributed by atoms with E-state index in [1.54, 1.807) is 23.7 Å². The Morgan fingerprint density at radius 1 is 1.27 bits per heavy atom. The molecule has 0 aliphatic carbocycles. The van der Waals surface area contributed by atoms with Crippen molar-refractivity contribution in [2.75, 3.05) is 5.32 Å². The number of carbonyl (C=O) groups is 2. The van der Waals surface area contributed by atoms with Gasteiger partial charge in [-0.25, -0.2) is 9.78 Å². The maximum absolute atomic E-state index is 12.4. The maximum atomic E-state index is 12.4. The second-order valence-electron chi connectivity index (χ2n) is 6.23. The number of anilines is 1. The molecule has 2 rings (SSSR count). The van der Waals surface area contributed by atoms with Crippen LogP contribution in [0.1, 0.15) is 36.8 Å². The summed E-state index contributed by atoms with van der Waals surface area (Å²) in [6, 6.07) is 3.14. The summed E-state index contributed by atoms with van der Waals surface area (Å²) in [5.41, 5.74) is 0.615. The molecule has 2 heterocycles. The summed E-state index contributed by atoms with van der Waals surface area (Å²) >= 11 is 12.0. The normalized spacial score (nSPS) is 12.1. The van der Waals surface area contributed by atoms with Crippen LogP contribution < -0.4 is 5.32 Å². The first-order valence-corrected chi connectivity index (χ1v) is 8.81. The predicted octanol–water partition coefficient (Wildman–Crippen LogP) is 3.73. The van der Waals surface area contributed by atoms with Crippen LogP contribution in [0.4, 0.5) is 5.82 Å². The first-order valence-electron chi connectivity index (χ1n) is 8.05. The van der Waals surface area contributed by atoms with E-state index in [1.165, 1.54) is 13.1 Å². The molecule has 1 N–H and O–H groups in total. The highest BCUT2D eigenvalue weighted by molar-refractivity contribution is 6.32. The van der Waals surface area contributed by atoms with Gasteiger partial charge in [0.25, 0.3) is 5.91 Å². The maximum Gasteiger partial charge on any atom is 0.343 e. The van der Waals surface area contributed by atoms with E-state index < -0.39 is 18.0 Å². The fourth-order valence-corrected chi connectivity index (χ4v) is 2.64. The number of aryl methyl sites for hydroxylation is 1. The summed E-state index contributed by atoms with van der Waals surface area (Å²) in [5, 5.41) is 7.46. The number of amides is 1. The molecule has 0 fully saturated rings. The molecule has 0 saturated heterocycles. The second kappa shape index (κ2) is 8.51. The van der Waals surface area contributed by atoms with Crippen LogP contribution in [0.25, 0.3) is 0 Å². The molecule has 26 heavy (non-hydrogen) atoms. The van der Waals surface area contributed by atoms with Gasteiger partial charge in [0.2, 0.25) is 0 Å². The molecule has 0 unspecified atom stereocenters. The molecule has 7 nitrogen and oxygen atoms in total. The minimum Gasteiger partial charge on any atom is -0.449 e. The number of nitrogens with one attached hydrogen (secondary N) is 1. The van der Waals surface area contributed by atoms with E-state index in [2.05, 4.69) is 15.4 Å². The van der Waals surface area contributed by atoms with Gasteiger partial charge in [-0.3, -0.25) is 9.48 Å². The largest absolute Gasteiger partial charge is 0.449 e. The number of hydrogen-bond donors (Lipinski definition) is 1. The van der Waals surface area contributed by atoms with Gasteiger partial charge in [-0.15, -0.1) is 0 Å². The zero-order valence-electron chi connectivity index (χ0n) is 14.9. The van der Waals surface area contributed by atoms with Crippen molar-refractivity contribution in [3.05, 3.63) is 39.8 Å². The van der Waals surface area contributed by atoms with Crippen LogP contribution in [0.2, 0.25) is 10.2 Å². The van der Waals surface area contributed by atoms with Gasteiger partial charge in [-0.1, -0.05) is 37.0 Å². The number of nitrogens with zero attached hydrogens (tertiary/aromatic N) is 3. The number of carbonyl (C=O) groups excluding carboxylic acids is 2. The number of halogens is 2. The van der Waals surface area contributed by atoms with Crippen LogP contribution >= 0.6 is 23.2 Å². The molecule has 2 aromatic heterocycles. The molecule has 0 aromatic carbocycles. The zero-order valence-corrected chi connectivity index (χ0v) is 16.4. The minimum absolute atomic E-state index is 0.164. The molecule has 0 spiro atoms. The fraction of sp³-hybridized carbons (Fsp3) is 0.412. The lowest BCUT2D eigenvalue weighted by atomic mass is 10.2. The van der Waals surface area contributed by atoms with E-state index in [-0.39, 0.29) is 10.7 Å². The van der Waals surface area contributed by atoms with Crippen LogP contribution in [-0.4, -0.2) is 32.7 Å². The van der Waals surface area contributed by atoms with Crippen molar-refractivity contribution in [2.24, 2.45) is 5.92 Å². The monoisotopic (exact) mass is 398 g/mol. The van der Waals surface area contributed by atoms with E-state index in [0.29, 0.717) is 29.0 Å². The van der Waals surface area contributed by atoms with Crippen LogP contribution in [0.15, 0.2) is 18.3 Å². The van der Waals surface area contributed by atoms with Gasteiger partial charge in [-0.05, 0) is 31.9 Å². The highest BCUT2D eigenvalue weighted by atomic mass is 35.5. The van der Waals surface area contributed by atoms with Crippen LogP contribution in [0.3, 0.4) is 0 Å². The molecule has 0 aliphatic heterocycles. The van der Waals surface area contributed by atoms with Crippen LogP contribution in [-0.2, 0) is 16.1 Å². The highest BCUT2D eigenvalue weighted by Gasteiger charge is 2.26. The third-order valence-electron chi connectivity index (χ3n) is 3.44. The van der Waals surface area contributed by atoms with Gasteiger partial charge in [0.05, 0.1) is 10.7 Å². The van der Waals surface area contributed by atoms with Crippen molar-refractivity contribution in [1.29, 1.82) is 0 Å². The van der Waals surface area contributed by atoms with Gasteiger partial charge < -0.3 is 10.1 Å². The van der Waals surface area contributed by atoms with Gasteiger partial charge in [0.15, 0.2) is 6.10 Å². The molecular weight excluding hydrogens is 379 g/mol. The Bertz CT molecular complexity index is 803. The first kappa shape index (κ1) is 20.2. The summed E-state index contributed by atoms with van der Waals surface area (Å²) in [4.78, 5) is 28.6. The average Bonchev–Trinajstić information content (AvgIpc) is 2.82. The SMILES string of the molecule is Cc1nn(CC(C)C)c(Cl)c1C(=O)O[C@H](C)C(=O)Nc1ccc(Cl)cn1. The van der Waals surface area contributed by atoms with E-state index in [4.69, 9.17) is 27.9 Å². The van der Waals surface area contributed by atoms with Crippen molar-refractivity contribution in [2.45, 2.75) is 40.3 Å². The number of esters is 1. The minimum atomic E-state index is -1.04. The molecule has 0 saturated carbocycles. The third kappa shape index (κ3) is 4.95. The number of pyridine rings is 1. The Balaban J connectivity index is 2.05. The van der Waals surface area contributed by atoms with Crippen molar-refractivity contribution < 1.29 is 14.3 Å². The first-order chi connectivity index (χ1) is 12.2. The van der Waals surface area contributed by atoms with Crippen LogP contribution in [0, 0.1) is 12.8 Å². The fourth-order valence-electron chi connectivity index (χ4n) is 2.20. The van der Waals surface area contributed by atoms with Crippen LogP contribution in [0.5, 0.6) is 0 Å². The van der Waals surface area contributed by atoms with Gasteiger partial charge in [-0.2, -0.15) is 5.10 Å². The Kier molecular flexibility index (Phi) is 6.61. The zero-order chi connectivity index (χ0) is 19.4. The predicted molar refractivity (Wildman–Crippen MR) is 99.6 cm³/mol. The van der Waals surface area contributed by atoms with Crippen molar-refractivity contribution in [1.82, 2.24) is 14.8 Å². The lowest BCUT2D eigenvalue weighted by Crippen LogP contribution is -2.30. The van der Waals surface area contributed by atoms with E-state index in [1.807, 2.05) is 13.8 Å². The summed E-state index contributed by atoms with van der Waals surface area (Å²) in [5.74, 6) is -0.598. The molecule has 9 heteroatoms. The molecule has 0 bridgehead atoms. The number of hydrogen-bond acceptors (Lipinski definition) is 5. The van der Waals surface area contributed by atoms with Crippen molar-refractivity contribution in [3.63, 3.8) is 0 Å². The van der Waals surface area contributed by atoms with Gasteiger partial charge in [0, 0.05) is 12.7 Å². The molecule has 2 aromatic rings. The molecule has 140 valence electrons. The third-order valence-corrected chi connectivity index (χ3v) is 4.05. The van der Waals surface area contributed by atoms with Crippen molar-refractivity contribution in [3.8, 4) is 0 Å². The van der Waals surface area contributed by atoms with E-state index >= 15 is 0 Å². The Morgan fingerprint density at radius 2 is 1.96 bits per heavy atom. The van der Waals surface area contributed by atoms with Crippen molar-refractivity contribution >= 4 is 40.9 Å². The highest BCUT2D eigenvalue weighted by Crippen LogP contribution is 2.22. The summed E-state index contributed by atoms with van der Waals surface area (Å²) in [7, 11) is 0. The summed E-state index contributed by atoms with van der Waals surface area (Å²) in [6.07, 6.45) is 0.365. The number of aromatic nitrogens is 3. The Morgan fingerprint density at radius 3 is 2.54 bits per heavy atom. The molecule has 1 amide bonds. The second-order valence-corrected chi connectivity index (χ2v) is 7.02. The van der Waals surface area contributed by atoms with Gasteiger partial charge in [0.1, 0.15) is 16.5 Å². The van der Waals surface area contributed by atoms with E-state index in [9.17, 15) is 9.59 Å². The smallest absolute Gasteiger partial charge is 0.343 e. The molecule has 0 aliphatic rings. The molecular formula is C17H20Cl2N4O3. The van der Waals surface area contributed by atoms with E-state index in [0.717, 1.165) is 0 Å². The molecule has 0 radical (unpaired) electrons. The Hall–Kier alpha value is -2.12. The lowest BCUT2D eigenvalue weighted by molar-refractivity contribution is -0.123. The van der Waals surface area contributed by atoms with Gasteiger partial charge >= 0.3 is 5.97 Å². The summed E-state index contributed by atoms with van der Waals surface area (Å²) in [6.45, 7) is 7.74.